The lowest BCUT2D eigenvalue weighted by Crippen LogP contribution is -2.60. The molecular weight excluding hydrogens is 668 g/mol. The molecule has 9 nitrogen and oxygen atoms in total. The molecule has 0 aromatic rings. The number of ether oxygens (including phenoxy) is 5. The van der Waals surface area contributed by atoms with E-state index in [-0.39, 0.29) is 46.4 Å². The molecule has 0 aromatic carbocycles. The zero-order chi connectivity index (χ0) is 38.0. The van der Waals surface area contributed by atoms with Crippen molar-refractivity contribution in [1.29, 1.82) is 0 Å². The summed E-state index contributed by atoms with van der Waals surface area (Å²) in [6.45, 7) is 30.5. The summed E-state index contributed by atoms with van der Waals surface area (Å²) in [6.07, 6.45) is 7.97. The Morgan fingerprint density at radius 2 is 1.60 bits per heavy atom. The number of aliphatic hydroxyl groups is 2. The van der Waals surface area contributed by atoms with Gasteiger partial charge >= 0.3 is 0 Å². The highest BCUT2D eigenvalue weighted by Crippen LogP contribution is 2.89. The molecule has 8 rings (SSSR count). The van der Waals surface area contributed by atoms with Crippen LogP contribution in [-0.2, 0) is 23.7 Å². The van der Waals surface area contributed by atoms with Crippen molar-refractivity contribution in [3.8, 4) is 0 Å². The third-order valence-electron chi connectivity index (χ3n) is 18.1. The molecule has 4 unspecified atom stereocenters. The van der Waals surface area contributed by atoms with Gasteiger partial charge in [-0.3, -0.25) is 9.80 Å². The van der Waals surface area contributed by atoms with Gasteiger partial charge in [-0.1, -0.05) is 34.6 Å². The Labute approximate surface area is 321 Å². The second-order valence-electron chi connectivity index (χ2n) is 21.7. The number of rotatable bonds is 9. The maximum absolute atomic E-state index is 12.7. The van der Waals surface area contributed by atoms with Crippen LogP contribution in [0, 0.1) is 50.7 Å². The average Bonchev–Trinajstić information content (AvgIpc) is 3.73. The number of hydrogen-bond acceptors (Lipinski definition) is 9. The Hall–Kier alpha value is -0.360. The second kappa shape index (κ2) is 13.3. The highest BCUT2D eigenvalue weighted by atomic mass is 16.7. The maximum atomic E-state index is 12.7. The molecule has 304 valence electrons. The van der Waals surface area contributed by atoms with Gasteiger partial charge in [-0.25, -0.2) is 0 Å². The van der Waals surface area contributed by atoms with Crippen molar-refractivity contribution in [2.75, 3.05) is 59.2 Å². The van der Waals surface area contributed by atoms with Crippen molar-refractivity contribution in [1.82, 2.24) is 9.80 Å². The SMILES string of the molecule is CCO[C@@H](C1C[C@@H](C)[C@H]2C(O1)[C@H](O)[C@@]1(C)C3CC[C@H]4C(C)(C)[C@@H](O[C@H]5CN(CC(C)(C)N6CCOCC6)CCO5)CCC45C[C@@]35CC[C@]21C)C(C)(C)O. The summed E-state index contributed by atoms with van der Waals surface area (Å²) in [7, 11) is 0. The van der Waals surface area contributed by atoms with Gasteiger partial charge in [0.2, 0.25) is 0 Å². The van der Waals surface area contributed by atoms with Crippen molar-refractivity contribution in [2.24, 2.45) is 50.7 Å². The van der Waals surface area contributed by atoms with Crippen LogP contribution in [0.5, 0.6) is 0 Å². The van der Waals surface area contributed by atoms with Gasteiger partial charge in [-0.05, 0) is 131 Å². The molecule has 0 radical (unpaired) electrons. The van der Waals surface area contributed by atoms with Crippen molar-refractivity contribution >= 4 is 0 Å². The number of morpholine rings is 2. The van der Waals surface area contributed by atoms with E-state index in [2.05, 4.69) is 58.3 Å². The molecule has 2 N–H and O–H groups in total. The van der Waals surface area contributed by atoms with Gasteiger partial charge in [0.25, 0.3) is 0 Å². The molecular formula is C44H76N2O7. The first-order valence-electron chi connectivity index (χ1n) is 21.9. The van der Waals surface area contributed by atoms with Crippen LogP contribution in [0.25, 0.3) is 0 Å². The molecule has 8 aliphatic rings. The van der Waals surface area contributed by atoms with E-state index in [1.165, 1.54) is 38.5 Å². The van der Waals surface area contributed by atoms with Gasteiger partial charge in [-0.15, -0.1) is 0 Å². The first-order valence-corrected chi connectivity index (χ1v) is 21.9. The highest BCUT2D eigenvalue weighted by molar-refractivity contribution is 5.33. The van der Waals surface area contributed by atoms with Gasteiger partial charge in [0, 0.05) is 50.3 Å². The fourth-order valence-corrected chi connectivity index (χ4v) is 15.6. The van der Waals surface area contributed by atoms with Gasteiger partial charge in [0.1, 0.15) is 6.10 Å². The van der Waals surface area contributed by atoms with Gasteiger partial charge in [0.05, 0.1) is 49.8 Å². The van der Waals surface area contributed by atoms with Crippen molar-refractivity contribution in [3.05, 3.63) is 0 Å². The molecule has 5 aliphatic carbocycles. The minimum absolute atomic E-state index is 0.0141. The number of hydrogen-bond donors (Lipinski definition) is 2. The molecule has 9 heteroatoms. The predicted molar refractivity (Wildman–Crippen MR) is 205 cm³/mol. The Balaban J connectivity index is 0.973. The van der Waals surface area contributed by atoms with Gasteiger partial charge in [-0.2, -0.15) is 0 Å². The molecule has 3 saturated heterocycles. The topological polar surface area (TPSA) is 93.1 Å². The minimum atomic E-state index is -1.02. The third-order valence-corrected chi connectivity index (χ3v) is 18.1. The lowest BCUT2D eigenvalue weighted by Gasteiger charge is -2.64. The standard InChI is InChI=1S/C44H76N2O7/c1-11-50-37(40(7,8)48)29-24-28(2)34-35(52-29)36(47)42(10)31-13-12-30-39(5,6)32(14-15-43(30)26-44(31,43)17-16-41(34,42)9)53-33-25-45(18-23-51-33)27-38(3,4)46-19-21-49-22-20-46/h28-37,47-48H,11-27H2,1-10H3/t28-,29?,30+,31?,32+,33+,34+,35?,36+,37+,41-,42-,43?,44+/m1/s1. The van der Waals surface area contributed by atoms with Gasteiger partial charge < -0.3 is 33.9 Å². The summed E-state index contributed by atoms with van der Waals surface area (Å²) >= 11 is 0. The lowest BCUT2D eigenvalue weighted by molar-refractivity contribution is -0.250. The minimum Gasteiger partial charge on any atom is -0.390 e. The molecule has 0 aromatic heterocycles. The lowest BCUT2D eigenvalue weighted by atomic mass is 9.41. The van der Waals surface area contributed by atoms with Crippen molar-refractivity contribution < 1.29 is 33.9 Å². The van der Waals surface area contributed by atoms with E-state index in [0.29, 0.717) is 41.1 Å². The highest BCUT2D eigenvalue weighted by Gasteiger charge is 2.84. The number of nitrogens with zero attached hydrogens (tertiary/aromatic N) is 2. The van der Waals surface area contributed by atoms with Crippen LogP contribution in [0.3, 0.4) is 0 Å². The summed E-state index contributed by atoms with van der Waals surface area (Å²) < 4.78 is 32.2. The van der Waals surface area contributed by atoms with E-state index < -0.39 is 17.8 Å². The van der Waals surface area contributed by atoms with Crippen molar-refractivity contribution in [3.63, 3.8) is 0 Å². The Bertz CT molecular complexity index is 1350. The first-order chi connectivity index (χ1) is 24.9. The Morgan fingerprint density at radius 3 is 2.30 bits per heavy atom. The predicted octanol–water partition coefficient (Wildman–Crippen LogP) is 6.13. The monoisotopic (exact) mass is 745 g/mol. The molecule has 8 fully saturated rings. The van der Waals surface area contributed by atoms with Crippen LogP contribution in [0.1, 0.15) is 121 Å². The van der Waals surface area contributed by atoms with Crippen LogP contribution in [0.4, 0.5) is 0 Å². The average molecular weight is 745 g/mol. The van der Waals surface area contributed by atoms with E-state index in [4.69, 9.17) is 23.7 Å². The fraction of sp³-hybridized carbons (Fsp3) is 1.00. The first kappa shape index (κ1) is 39.5. The smallest absolute Gasteiger partial charge is 0.170 e. The normalized spacial score (nSPS) is 49.2. The van der Waals surface area contributed by atoms with E-state index in [1.54, 1.807) is 0 Å². The summed E-state index contributed by atoms with van der Waals surface area (Å²) in [4.78, 5) is 5.15. The molecule has 0 amide bonds. The molecule has 3 heterocycles. The quantitative estimate of drug-likeness (QED) is 0.290. The molecule has 0 bridgehead atoms. The second-order valence-corrected chi connectivity index (χ2v) is 21.7. The maximum Gasteiger partial charge on any atom is 0.170 e. The largest absolute Gasteiger partial charge is 0.390 e. The van der Waals surface area contributed by atoms with Crippen LogP contribution < -0.4 is 0 Å². The summed E-state index contributed by atoms with van der Waals surface area (Å²) in [5.74, 6) is 1.81. The third kappa shape index (κ3) is 5.84. The number of fused-ring (bicyclic) bond motifs is 4. The van der Waals surface area contributed by atoms with Crippen LogP contribution in [-0.4, -0.2) is 127 Å². The van der Waals surface area contributed by atoms with E-state index in [1.807, 2.05) is 20.8 Å². The van der Waals surface area contributed by atoms with Crippen LogP contribution in [0.15, 0.2) is 0 Å². The van der Waals surface area contributed by atoms with Crippen molar-refractivity contribution in [2.45, 2.75) is 169 Å². The van der Waals surface area contributed by atoms with E-state index in [9.17, 15) is 10.2 Å². The zero-order valence-corrected chi connectivity index (χ0v) is 35.1. The van der Waals surface area contributed by atoms with Crippen LogP contribution in [0.2, 0.25) is 0 Å². The Kier molecular flexibility index (Phi) is 9.93. The molecule has 2 spiro atoms. The number of aliphatic hydroxyl groups excluding tert-OH is 1. The zero-order valence-electron chi connectivity index (χ0n) is 35.1. The van der Waals surface area contributed by atoms with Gasteiger partial charge in [0.15, 0.2) is 6.29 Å². The summed E-state index contributed by atoms with van der Waals surface area (Å²) in [5.41, 5.74) is -0.418. The Morgan fingerprint density at radius 1 is 0.906 bits per heavy atom. The molecule has 14 atom stereocenters. The van der Waals surface area contributed by atoms with E-state index >= 15 is 0 Å². The molecule has 3 aliphatic heterocycles. The fourth-order valence-electron chi connectivity index (χ4n) is 15.6. The molecule has 5 saturated carbocycles. The summed E-state index contributed by atoms with van der Waals surface area (Å²) in [5, 5.41) is 23.8. The molecule has 53 heavy (non-hydrogen) atoms. The van der Waals surface area contributed by atoms with E-state index in [0.717, 1.165) is 65.4 Å². The summed E-state index contributed by atoms with van der Waals surface area (Å²) in [6, 6.07) is 0. The van der Waals surface area contributed by atoms with Crippen LogP contribution >= 0.6 is 0 Å².